The molecule has 0 aromatic heterocycles. The summed E-state index contributed by atoms with van der Waals surface area (Å²) in [6.07, 6.45) is 33.5. The first-order valence-electron chi connectivity index (χ1n) is 14.6. The number of carbonyl (C=O) groups excluding carboxylic acids is 2. The van der Waals surface area contributed by atoms with Crippen LogP contribution in [-0.2, 0) is 9.59 Å². The molecule has 0 aromatic carbocycles. The van der Waals surface area contributed by atoms with Gasteiger partial charge in [0.15, 0.2) is 0 Å². The van der Waals surface area contributed by atoms with Crippen LogP contribution < -0.4 is 113 Å². The topological polar surface area (TPSA) is 80.3 Å². The summed E-state index contributed by atoms with van der Waals surface area (Å²) < 4.78 is 0. The molecule has 0 aliphatic carbocycles. The van der Waals surface area contributed by atoms with Crippen LogP contribution in [0.4, 0.5) is 0 Å². The number of allylic oxidation sites excluding steroid dienone is 1. The number of carboxylic acid groups (broad SMARTS) is 2. The summed E-state index contributed by atoms with van der Waals surface area (Å²) in [4.78, 5) is 21.4. The van der Waals surface area contributed by atoms with E-state index in [4.69, 9.17) is 0 Å². The maximum absolute atomic E-state index is 10.8. The standard InChI is InChI=1S/C30H56O4.2K/c1-2-3-4-5-6-7-8-9-10-11-12-13-14-15-16-17-18-19-20-21-22-23-24-25-26-28(30(33)34)27-29(31)32;;/h25-26,28H,2-24,27H2,1H3,(H,31,32)(H,33,34);;/q;2*+1/p-2/b26-25+;;. The monoisotopic (exact) mass is 556 g/mol. The molecule has 0 amide bonds. The first-order valence-corrected chi connectivity index (χ1v) is 14.6. The van der Waals surface area contributed by atoms with Gasteiger partial charge in [0.25, 0.3) is 0 Å². The number of carbonyl (C=O) groups is 2. The second kappa shape index (κ2) is 35.0. The van der Waals surface area contributed by atoms with Crippen molar-refractivity contribution in [3.63, 3.8) is 0 Å². The van der Waals surface area contributed by atoms with Gasteiger partial charge >= 0.3 is 103 Å². The van der Waals surface area contributed by atoms with Crippen molar-refractivity contribution in [3.8, 4) is 0 Å². The van der Waals surface area contributed by atoms with E-state index < -0.39 is 24.3 Å². The van der Waals surface area contributed by atoms with E-state index >= 15 is 0 Å². The van der Waals surface area contributed by atoms with Gasteiger partial charge in [-0.2, -0.15) is 0 Å². The first-order chi connectivity index (χ1) is 16.6. The predicted octanol–water partition coefficient (Wildman–Crippen LogP) is 1.05. The van der Waals surface area contributed by atoms with Crippen LogP contribution in [0.3, 0.4) is 0 Å². The SMILES string of the molecule is CCCCCCCCCCCCCCCCCCCCCCCC/C=C/C(CC(=O)[O-])C(=O)[O-].[K+].[K+]. The van der Waals surface area contributed by atoms with Crippen LogP contribution in [-0.4, -0.2) is 11.9 Å². The Labute approximate surface area is 308 Å². The van der Waals surface area contributed by atoms with Gasteiger partial charge in [0, 0.05) is 17.9 Å². The molecule has 0 saturated heterocycles. The smallest absolute Gasteiger partial charge is 0.550 e. The van der Waals surface area contributed by atoms with E-state index in [-0.39, 0.29) is 103 Å². The number of rotatable bonds is 27. The number of carboxylic acids is 2. The number of hydrogen-bond donors (Lipinski definition) is 0. The molecule has 0 saturated carbocycles. The van der Waals surface area contributed by atoms with Crippen molar-refractivity contribution < 1.29 is 123 Å². The van der Waals surface area contributed by atoms with Gasteiger partial charge in [0.05, 0.1) is 0 Å². The van der Waals surface area contributed by atoms with Crippen LogP contribution in [0, 0.1) is 5.92 Å². The van der Waals surface area contributed by atoms with E-state index in [1.165, 1.54) is 134 Å². The summed E-state index contributed by atoms with van der Waals surface area (Å²) in [7, 11) is 0. The minimum Gasteiger partial charge on any atom is -0.550 e. The van der Waals surface area contributed by atoms with Crippen molar-refractivity contribution in [2.24, 2.45) is 5.92 Å². The molecule has 0 radical (unpaired) electrons. The summed E-state index contributed by atoms with van der Waals surface area (Å²) in [6.45, 7) is 2.28. The molecule has 0 rings (SSSR count). The van der Waals surface area contributed by atoms with Crippen molar-refractivity contribution in [2.75, 3.05) is 0 Å². The van der Waals surface area contributed by atoms with Gasteiger partial charge in [0.2, 0.25) is 0 Å². The molecule has 0 aliphatic rings. The Morgan fingerprint density at radius 2 is 0.861 bits per heavy atom. The van der Waals surface area contributed by atoms with E-state index in [0.717, 1.165) is 19.3 Å². The molecule has 200 valence electrons. The molecule has 4 nitrogen and oxygen atoms in total. The van der Waals surface area contributed by atoms with Gasteiger partial charge in [-0.3, -0.25) is 0 Å². The van der Waals surface area contributed by atoms with Crippen molar-refractivity contribution in [2.45, 2.75) is 161 Å². The maximum atomic E-state index is 10.8. The quantitative estimate of drug-likeness (QED) is 0.0861. The predicted molar refractivity (Wildman–Crippen MR) is 139 cm³/mol. The number of aliphatic carboxylic acids is 2. The molecular weight excluding hydrogens is 503 g/mol. The number of unbranched alkanes of at least 4 members (excludes halogenated alkanes) is 22. The molecule has 6 heteroatoms. The summed E-state index contributed by atoms with van der Waals surface area (Å²) in [5.41, 5.74) is 0. The number of hydrogen-bond acceptors (Lipinski definition) is 4. The molecule has 0 aliphatic heterocycles. The molecular formula is C30H54K2O4. The van der Waals surface area contributed by atoms with Crippen LogP contribution in [0.1, 0.15) is 161 Å². The van der Waals surface area contributed by atoms with Crippen molar-refractivity contribution in [1.82, 2.24) is 0 Å². The van der Waals surface area contributed by atoms with Gasteiger partial charge in [0.1, 0.15) is 0 Å². The second-order valence-corrected chi connectivity index (χ2v) is 10.1. The summed E-state index contributed by atoms with van der Waals surface area (Å²) in [5.74, 6) is -3.79. The fourth-order valence-corrected chi connectivity index (χ4v) is 4.54. The van der Waals surface area contributed by atoms with Gasteiger partial charge in [-0.05, 0) is 19.3 Å². The minimum atomic E-state index is -1.36. The van der Waals surface area contributed by atoms with E-state index in [0.29, 0.717) is 0 Å². The Balaban J connectivity index is -0.00000544. The fourth-order valence-electron chi connectivity index (χ4n) is 4.54. The van der Waals surface area contributed by atoms with Gasteiger partial charge in [-0.15, -0.1) is 0 Å². The zero-order chi connectivity index (χ0) is 25.1. The molecule has 0 aromatic rings. The summed E-state index contributed by atoms with van der Waals surface area (Å²) in [5, 5.41) is 21.4. The third-order valence-electron chi connectivity index (χ3n) is 6.78. The molecule has 36 heavy (non-hydrogen) atoms. The Kier molecular flexibility index (Phi) is 41.2. The van der Waals surface area contributed by atoms with Crippen molar-refractivity contribution >= 4 is 11.9 Å². The van der Waals surface area contributed by atoms with Gasteiger partial charge in [-0.1, -0.05) is 154 Å². The third-order valence-corrected chi connectivity index (χ3v) is 6.78. The first kappa shape index (κ1) is 42.4. The Bertz CT molecular complexity index is 497. The molecule has 0 fully saturated rings. The normalized spacial score (nSPS) is 11.7. The van der Waals surface area contributed by atoms with Gasteiger partial charge in [-0.25, -0.2) is 0 Å². The van der Waals surface area contributed by atoms with Crippen LogP contribution in [0.25, 0.3) is 0 Å². The average Bonchev–Trinajstić information content (AvgIpc) is 2.80. The second-order valence-electron chi connectivity index (χ2n) is 10.1. The van der Waals surface area contributed by atoms with Crippen LogP contribution in [0.15, 0.2) is 12.2 Å². The van der Waals surface area contributed by atoms with E-state index in [2.05, 4.69) is 6.92 Å². The summed E-state index contributed by atoms with van der Waals surface area (Å²) >= 11 is 0. The third kappa shape index (κ3) is 34.0. The van der Waals surface area contributed by atoms with Crippen molar-refractivity contribution in [1.29, 1.82) is 0 Å². The minimum absolute atomic E-state index is 0. The fraction of sp³-hybridized carbons (Fsp3) is 0.867. The Morgan fingerprint density at radius 1 is 0.556 bits per heavy atom. The Morgan fingerprint density at radius 3 is 1.14 bits per heavy atom. The molecule has 1 atom stereocenters. The van der Waals surface area contributed by atoms with Crippen LogP contribution in [0.2, 0.25) is 0 Å². The summed E-state index contributed by atoms with van der Waals surface area (Å²) in [6, 6.07) is 0. The van der Waals surface area contributed by atoms with Crippen LogP contribution in [0.5, 0.6) is 0 Å². The van der Waals surface area contributed by atoms with E-state index in [1.54, 1.807) is 6.08 Å². The zero-order valence-corrected chi connectivity index (χ0v) is 30.6. The van der Waals surface area contributed by atoms with E-state index in [1.807, 2.05) is 0 Å². The molecule has 0 heterocycles. The molecule has 1 unspecified atom stereocenters. The zero-order valence-electron chi connectivity index (χ0n) is 24.3. The molecule has 0 spiro atoms. The Hall–Kier alpha value is 1.95. The maximum Gasteiger partial charge on any atom is 1.00 e. The largest absolute Gasteiger partial charge is 1.00 e. The van der Waals surface area contributed by atoms with Gasteiger partial charge < -0.3 is 19.8 Å². The molecule has 0 bridgehead atoms. The van der Waals surface area contributed by atoms with E-state index in [9.17, 15) is 19.8 Å². The van der Waals surface area contributed by atoms with Crippen molar-refractivity contribution in [3.05, 3.63) is 12.2 Å². The van der Waals surface area contributed by atoms with Crippen LogP contribution >= 0.6 is 0 Å². The molecule has 0 N–H and O–H groups in total. The average molecular weight is 557 g/mol.